The van der Waals surface area contributed by atoms with Gasteiger partial charge in [0, 0.05) is 39.3 Å². The average molecular weight is 680 g/mol. The number of morpholine rings is 1. The molecule has 1 N–H and O–H groups in total. The number of aliphatic imine (C=N–C) groups is 1. The van der Waals surface area contributed by atoms with Crippen molar-refractivity contribution in [1.29, 1.82) is 0 Å². The van der Waals surface area contributed by atoms with E-state index in [1.54, 1.807) is 11.8 Å². The Labute approximate surface area is 271 Å². The van der Waals surface area contributed by atoms with Crippen LogP contribution in [0.15, 0.2) is 35.6 Å². The number of hydrogen-bond donors (Lipinski definition) is 1. The SMILES string of the molecule is C[C@]1(c2cc(/C=C(\F)c3cnc(Cl)cn3)ccc2F)N=C(OC(=O)NCOCC[Si](C)(C)C)S[C@@]2(C(=O)N3CCOCC3)C[C@H]21. The third-order valence-electron chi connectivity index (χ3n) is 8.03. The maximum Gasteiger partial charge on any atom is 0.416 e. The second kappa shape index (κ2) is 13.4. The molecule has 3 atom stereocenters. The summed E-state index contributed by atoms with van der Waals surface area (Å²) in [5.74, 6) is -1.83. The van der Waals surface area contributed by atoms with E-state index in [1.165, 1.54) is 36.7 Å². The van der Waals surface area contributed by atoms with Crippen LogP contribution in [0.3, 0.4) is 0 Å². The van der Waals surface area contributed by atoms with E-state index in [1.807, 2.05) is 0 Å². The van der Waals surface area contributed by atoms with Crippen molar-refractivity contribution >= 4 is 60.6 Å². The number of thioether (sulfide) groups is 1. The van der Waals surface area contributed by atoms with Gasteiger partial charge in [-0.25, -0.2) is 28.5 Å². The van der Waals surface area contributed by atoms with Crippen molar-refractivity contribution in [3.8, 4) is 0 Å². The van der Waals surface area contributed by atoms with Crippen molar-refractivity contribution in [1.82, 2.24) is 20.2 Å². The van der Waals surface area contributed by atoms with Gasteiger partial charge in [0.25, 0.3) is 5.23 Å². The zero-order valence-electron chi connectivity index (χ0n) is 25.6. The number of hydrogen-bond acceptors (Lipinski definition) is 9. The van der Waals surface area contributed by atoms with Crippen LogP contribution in [0.1, 0.15) is 30.2 Å². The number of fused-ring (bicyclic) bond motifs is 1. The molecule has 242 valence electrons. The van der Waals surface area contributed by atoms with E-state index in [0.717, 1.165) is 17.8 Å². The molecule has 15 heteroatoms. The molecule has 3 aliphatic rings. The zero-order valence-corrected chi connectivity index (χ0v) is 28.1. The molecular formula is C30H36ClF2N5O5SSi. The van der Waals surface area contributed by atoms with Gasteiger partial charge in [-0.3, -0.25) is 10.1 Å². The number of rotatable bonds is 9. The number of nitrogens with zero attached hydrogens (tertiary/aromatic N) is 4. The fourth-order valence-electron chi connectivity index (χ4n) is 5.41. The summed E-state index contributed by atoms with van der Waals surface area (Å²) in [7, 11) is -1.29. The van der Waals surface area contributed by atoms with Gasteiger partial charge in [0.15, 0.2) is 5.83 Å². The number of nitrogens with one attached hydrogen (secondary N) is 1. The average Bonchev–Trinajstić information content (AvgIpc) is 3.74. The van der Waals surface area contributed by atoms with Crippen LogP contribution < -0.4 is 5.32 Å². The number of aromatic nitrogens is 2. The molecule has 0 unspecified atom stereocenters. The summed E-state index contributed by atoms with van der Waals surface area (Å²) in [5, 5.41) is 2.62. The fraction of sp³-hybridized carbons (Fsp3) is 0.500. The van der Waals surface area contributed by atoms with Gasteiger partial charge in [0.2, 0.25) is 5.91 Å². The van der Waals surface area contributed by atoms with Crippen molar-refractivity contribution in [3.63, 3.8) is 0 Å². The lowest BCUT2D eigenvalue weighted by atomic mass is 9.84. The number of carbonyl (C=O) groups is 2. The summed E-state index contributed by atoms with van der Waals surface area (Å²) in [5.41, 5.74) is -0.852. The Morgan fingerprint density at radius 3 is 2.69 bits per heavy atom. The quantitative estimate of drug-likeness (QED) is 0.204. The van der Waals surface area contributed by atoms with E-state index in [4.69, 9.17) is 30.8 Å². The molecule has 3 heterocycles. The van der Waals surface area contributed by atoms with Crippen LogP contribution >= 0.6 is 23.4 Å². The Hall–Kier alpha value is -2.91. The molecule has 0 spiro atoms. The van der Waals surface area contributed by atoms with Crippen LogP contribution in [-0.2, 0) is 24.5 Å². The van der Waals surface area contributed by atoms with Crippen molar-refractivity contribution < 1.29 is 32.6 Å². The summed E-state index contributed by atoms with van der Waals surface area (Å²) in [6.07, 6.45) is 3.22. The second-order valence-corrected chi connectivity index (χ2v) is 19.9. The normalized spacial score (nSPS) is 24.9. The van der Waals surface area contributed by atoms with Crippen molar-refractivity contribution in [3.05, 3.63) is 58.4 Å². The van der Waals surface area contributed by atoms with Crippen molar-refractivity contribution in [2.24, 2.45) is 10.9 Å². The van der Waals surface area contributed by atoms with E-state index in [9.17, 15) is 9.59 Å². The summed E-state index contributed by atoms with van der Waals surface area (Å²) in [4.78, 5) is 40.9. The topological polar surface area (TPSA) is 115 Å². The fourth-order valence-corrected chi connectivity index (χ4v) is 7.77. The minimum atomic E-state index is -1.30. The molecule has 0 bridgehead atoms. The zero-order chi connectivity index (χ0) is 32.4. The molecule has 5 rings (SSSR count). The Morgan fingerprint density at radius 1 is 1.24 bits per heavy atom. The minimum Gasteiger partial charge on any atom is -0.385 e. The third kappa shape index (κ3) is 7.73. The van der Waals surface area contributed by atoms with Gasteiger partial charge in [0.05, 0.1) is 31.1 Å². The number of ether oxygens (including phenoxy) is 3. The predicted octanol–water partition coefficient (Wildman–Crippen LogP) is 5.71. The summed E-state index contributed by atoms with van der Waals surface area (Å²) >= 11 is 6.85. The smallest absolute Gasteiger partial charge is 0.385 e. The van der Waals surface area contributed by atoms with E-state index >= 15 is 8.78 Å². The van der Waals surface area contributed by atoms with Crippen LogP contribution in [-0.4, -0.2) is 84.6 Å². The molecule has 10 nitrogen and oxygen atoms in total. The van der Waals surface area contributed by atoms with E-state index < -0.39 is 42.0 Å². The first-order valence-corrected chi connectivity index (χ1v) is 19.6. The number of amides is 2. The Balaban J connectivity index is 1.42. The highest BCUT2D eigenvalue weighted by Crippen LogP contribution is 2.67. The lowest BCUT2D eigenvalue weighted by Gasteiger charge is -2.37. The molecule has 0 radical (unpaired) electrons. The highest BCUT2D eigenvalue weighted by molar-refractivity contribution is 8.15. The number of alkyl carbamates (subject to hydrolysis) is 1. The largest absolute Gasteiger partial charge is 0.416 e. The molecule has 2 fully saturated rings. The highest BCUT2D eigenvalue weighted by atomic mass is 35.5. The molecule has 1 aromatic carbocycles. The molecule has 1 saturated heterocycles. The van der Waals surface area contributed by atoms with Gasteiger partial charge in [-0.1, -0.05) is 37.3 Å². The van der Waals surface area contributed by atoms with Gasteiger partial charge in [-0.05, 0) is 54.9 Å². The molecule has 1 saturated carbocycles. The van der Waals surface area contributed by atoms with Gasteiger partial charge < -0.3 is 19.1 Å². The summed E-state index contributed by atoms with van der Waals surface area (Å²) in [6.45, 7) is 10.5. The monoisotopic (exact) mass is 679 g/mol. The predicted molar refractivity (Wildman–Crippen MR) is 172 cm³/mol. The number of halogens is 3. The first-order valence-electron chi connectivity index (χ1n) is 14.7. The highest BCUT2D eigenvalue weighted by Gasteiger charge is 2.72. The number of benzene rings is 1. The maximum absolute atomic E-state index is 15.6. The molecular weight excluding hydrogens is 644 g/mol. The standard InChI is InChI=1S/C30H36ClF2N5O5SSi/c1-29(20-13-19(5-6-21(20)32)14-22(33)23-16-35-25(31)17-34-23)24-15-30(24,26(39)38-7-9-41-10-8-38)44-28(37-29)43-27(40)36-18-42-11-12-45(2,3)4/h5-6,13-14,16-17,24H,7-12,15,18H2,1-4H3,(H,36,40)/b22-14-/t24-,29+,30-/m0/s1. The molecule has 1 aliphatic carbocycles. The molecule has 1 aromatic heterocycles. The molecule has 2 amide bonds. The van der Waals surface area contributed by atoms with Gasteiger partial charge >= 0.3 is 6.09 Å². The van der Waals surface area contributed by atoms with E-state index in [0.29, 0.717) is 44.9 Å². The van der Waals surface area contributed by atoms with Gasteiger partial charge in [0.1, 0.15) is 28.1 Å². The molecule has 2 aliphatic heterocycles. The van der Waals surface area contributed by atoms with Crippen LogP contribution in [0.5, 0.6) is 0 Å². The lowest BCUT2D eigenvalue weighted by Crippen LogP contribution is -2.49. The van der Waals surface area contributed by atoms with Crippen LogP contribution in [0, 0.1) is 11.7 Å². The van der Waals surface area contributed by atoms with Crippen LogP contribution in [0.2, 0.25) is 30.8 Å². The van der Waals surface area contributed by atoms with E-state index in [2.05, 4.69) is 34.9 Å². The maximum atomic E-state index is 15.6. The molecule has 2 aromatic rings. The van der Waals surface area contributed by atoms with Crippen LogP contribution in [0.25, 0.3) is 11.9 Å². The van der Waals surface area contributed by atoms with E-state index in [-0.39, 0.29) is 34.3 Å². The lowest BCUT2D eigenvalue weighted by molar-refractivity contribution is -0.136. The summed E-state index contributed by atoms with van der Waals surface area (Å²) < 4.78 is 46.2. The first-order chi connectivity index (χ1) is 21.3. The van der Waals surface area contributed by atoms with Crippen LogP contribution in [0.4, 0.5) is 13.6 Å². The summed E-state index contributed by atoms with van der Waals surface area (Å²) in [6, 6.07) is 5.08. The van der Waals surface area contributed by atoms with Crippen molar-refractivity contribution in [2.45, 2.75) is 49.3 Å². The third-order valence-corrected chi connectivity index (χ3v) is 11.3. The Bertz CT molecular complexity index is 1500. The molecule has 45 heavy (non-hydrogen) atoms. The Kier molecular flexibility index (Phi) is 9.99. The first kappa shape index (κ1) is 33.5. The van der Waals surface area contributed by atoms with Crippen molar-refractivity contribution in [2.75, 3.05) is 39.6 Å². The van der Waals surface area contributed by atoms with Gasteiger partial charge in [-0.15, -0.1) is 0 Å². The second-order valence-electron chi connectivity index (χ2n) is 12.6. The van der Waals surface area contributed by atoms with Gasteiger partial charge in [-0.2, -0.15) is 0 Å². The minimum absolute atomic E-state index is 0.0351. The number of carbonyl (C=O) groups excluding carboxylic acids is 2. The Morgan fingerprint density at radius 2 is 2.00 bits per heavy atom.